The van der Waals surface area contributed by atoms with Crippen LogP contribution in [0, 0.1) is 11.8 Å². The number of rotatable bonds is 4. The Balaban J connectivity index is 2.51. The van der Waals surface area contributed by atoms with Crippen LogP contribution in [0.15, 0.2) is 0 Å². The molecular formula is C15H28N2O3. The van der Waals surface area contributed by atoms with Gasteiger partial charge in [-0.1, -0.05) is 19.8 Å². The summed E-state index contributed by atoms with van der Waals surface area (Å²) in [5.74, 6) is 0.263. The molecule has 2 unspecified atom stereocenters. The lowest BCUT2D eigenvalue weighted by Crippen LogP contribution is -2.53. The maximum Gasteiger partial charge on any atom is 0.323 e. The lowest BCUT2D eigenvalue weighted by Gasteiger charge is -2.35. The molecule has 1 aliphatic rings. The molecule has 1 aliphatic carbocycles. The van der Waals surface area contributed by atoms with Crippen molar-refractivity contribution in [3.63, 3.8) is 0 Å². The molecule has 2 atom stereocenters. The van der Waals surface area contributed by atoms with Crippen molar-refractivity contribution in [1.29, 1.82) is 0 Å². The summed E-state index contributed by atoms with van der Waals surface area (Å²) in [6.45, 7) is 8.17. The lowest BCUT2D eigenvalue weighted by molar-refractivity contribution is -0.138. The highest BCUT2D eigenvalue weighted by Gasteiger charge is 2.29. The van der Waals surface area contributed by atoms with Gasteiger partial charge >= 0.3 is 12.0 Å². The second kappa shape index (κ2) is 6.95. The van der Waals surface area contributed by atoms with Crippen LogP contribution in [0.3, 0.4) is 0 Å². The number of carboxylic acid groups (broad SMARTS) is 1. The van der Waals surface area contributed by atoms with Gasteiger partial charge < -0.3 is 15.3 Å². The number of carbonyl (C=O) groups excluding carboxylic acids is 1. The third-order valence-corrected chi connectivity index (χ3v) is 3.94. The van der Waals surface area contributed by atoms with Crippen LogP contribution < -0.4 is 5.32 Å². The van der Waals surface area contributed by atoms with E-state index >= 15 is 0 Å². The number of urea groups is 1. The first-order valence-corrected chi connectivity index (χ1v) is 7.47. The fourth-order valence-electron chi connectivity index (χ4n) is 2.82. The molecule has 0 saturated heterocycles. The Hall–Kier alpha value is -1.26. The molecular weight excluding hydrogens is 256 g/mol. The minimum atomic E-state index is -0.985. The molecule has 0 radical (unpaired) electrons. The van der Waals surface area contributed by atoms with Crippen molar-refractivity contribution >= 4 is 12.0 Å². The molecule has 2 amide bonds. The van der Waals surface area contributed by atoms with Crippen LogP contribution in [0.2, 0.25) is 0 Å². The zero-order valence-electron chi connectivity index (χ0n) is 13.1. The van der Waals surface area contributed by atoms with Gasteiger partial charge in [0.15, 0.2) is 0 Å². The van der Waals surface area contributed by atoms with E-state index in [1.165, 1.54) is 17.7 Å². The van der Waals surface area contributed by atoms with Crippen LogP contribution in [-0.4, -0.2) is 40.6 Å². The van der Waals surface area contributed by atoms with E-state index in [0.717, 1.165) is 18.8 Å². The fourth-order valence-corrected chi connectivity index (χ4v) is 2.82. The van der Waals surface area contributed by atoms with Crippen molar-refractivity contribution in [3.05, 3.63) is 0 Å². The van der Waals surface area contributed by atoms with Crippen molar-refractivity contribution in [2.45, 2.75) is 58.9 Å². The van der Waals surface area contributed by atoms with Gasteiger partial charge in [0.05, 0.1) is 0 Å². The molecule has 0 aromatic carbocycles. The van der Waals surface area contributed by atoms with Crippen molar-refractivity contribution in [2.24, 2.45) is 11.8 Å². The van der Waals surface area contributed by atoms with Gasteiger partial charge in [-0.05, 0) is 45.4 Å². The molecule has 2 N–H and O–H groups in total. The molecule has 0 aromatic rings. The SMILES string of the molecule is CC1CCCC(CNC(=O)N(CC(=O)O)C(C)(C)C)C1. The highest BCUT2D eigenvalue weighted by atomic mass is 16.4. The van der Waals surface area contributed by atoms with Gasteiger partial charge in [0.25, 0.3) is 0 Å². The first-order chi connectivity index (χ1) is 9.20. The molecule has 20 heavy (non-hydrogen) atoms. The first kappa shape index (κ1) is 16.8. The van der Waals surface area contributed by atoms with Gasteiger partial charge in [0.1, 0.15) is 6.54 Å². The van der Waals surface area contributed by atoms with Gasteiger partial charge in [0.2, 0.25) is 0 Å². The van der Waals surface area contributed by atoms with E-state index in [1.807, 2.05) is 20.8 Å². The topological polar surface area (TPSA) is 69.6 Å². The Labute approximate surface area is 121 Å². The highest BCUT2D eigenvalue weighted by molar-refractivity contribution is 5.80. The Morgan fingerprint density at radius 1 is 1.30 bits per heavy atom. The minimum absolute atomic E-state index is 0.267. The number of hydrogen-bond donors (Lipinski definition) is 2. The molecule has 1 saturated carbocycles. The number of nitrogens with one attached hydrogen (secondary N) is 1. The molecule has 5 nitrogen and oxygen atoms in total. The average Bonchev–Trinajstić information content (AvgIpc) is 2.31. The molecule has 116 valence electrons. The Bertz CT molecular complexity index is 350. The summed E-state index contributed by atoms with van der Waals surface area (Å²) in [5.41, 5.74) is -0.498. The number of carboxylic acids is 1. The van der Waals surface area contributed by atoms with Gasteiger partial charge in [-0.25, -0.2) is 4.79 Å². The van der Waals surface area contributed by atoms with Crippen molar-refractivity contribution < 1.29 is 14.7 Å². The van der Waals surface area contributed by atoms with Crippen LogP contribution in [0.5, 0.6) is 0 Å². The second-order valence-electron chi connectivity index (χ2n) is 6.97. The molecule has 0 bridgehead atoms. The summed E-state index contributed by atoms with van der Waals surface area (Å²) in [4.78, 5) is 24.5. The summed E-state index contributed by atoms with van der Waals surface area (Å²) < 4.78 is 0. The van der Waals surface area contributed by atoms with E-state index in [4.69, 9.17) is 5.11 Å². The van der Waals surface area contributed by atoms with Gasteiger partial charge in [-0.3, -0.25) is 4.79 Å². The number of carbonyl (C=O) groups is 2. The standard InChI is InChI=1S/C15H28N2O3/c1-11-6-5-7-12(8-11)9-16-14(20)17(10-13(18)19)15(2,3)4/h11-12H,5-10H2,1-4H3,(H,16,20)(H,18,19). The molecule has 1 fully saturated rings. The van der Waals surface area contributed by atoms with Gasteiger partial charge in [0, 0.05) is 12.1 Å². The number of nitrogens with zero attached hydrogens (tertiary/aromatic N) is 1. The van der Waals surface area contributed by atoms with Crippen LogP contribution >= 0.6 is 0 Å². The van der Waals surface area contributed by atoms with Crippen LogP contribution in [0.1, 0.15) is 53.4 Å². The number of aliphatic carboxylic acids is 1. The van der Waals surface area contributed by atoms with Crippen molar-refractivity contribution in [2.75, 3.05) is 13.1 Å². The fraction of sp³-hybridized carbons (Fsp3) is 0.867. The van der Waals surface area contributed by atoms with E-state index in [-0.39, 0.29) is 12.6 Å². The highest BCUT2D eigenvalue weighted by Crippen LogP contribution is 2.28. The summed E-state index contributed by atoms with van der Waals surface area (Å²) in [6.07, 6.45) is 4.80. The average molecular weight is 284 g/mol. The maximum absolute atomic E-state index is 12.2. The largest absolute Gasteiger partial charge is 0.480 e. The monoisotopic (exact) mass is 284 g/mol. The zero-order valence-corrected chi connectivity index (χ0v) is 13.1. The van der Waals surface area contributed by atoms with E-state index in [1.54, 1.807) is 0 Å². The third kappa shape index (κ3) is 5.39. The second-order valence-corrected chi connectivity index (χ2v) is 6.97. The minimum Gasteiger partial charge on any atom is -0.480 e. The normalized spacial score (nSPS) is 23.2. The summed E-state index contributed by atoms with van der Waals surface area (Å²) in [5, 5.41) is 11.8. The van der Waals surface area contributed by atoms with Crippen LogP contribution in [-0.2, 0) is 4.79 Å². The predicted molar refractivity (Wildman–Crippen MR) is 78.6 cm³/mol. The van der Waals surface area contributed by atoms with E-state index in [2.05, 4.69) is 12.2 Å². The summed E-state index contributed by atoms with van der Waals surface area (Å²) in [6, 6.07) is -0.280. The molecule has 0 spiro atoms. The Morgan fingerprint density at radius 3 is 2.45 bits per heavy atom. The van der Waals surface area contributed by atoms with Crippen LogP contribution in [0.4, 0.5) is 4.79 Å². The maximum atomic E-state index is 12.2. The summed E-state index contributed by atoms with van der Waals surface area (Å²) >= 11 is 0. The first-order valence-electron chi connectivity index (χ1n) is 7.47. The van der Waals surface area contributed by atoms with Crippen LogP contribution in [0.25, 0.3) is 0 Å². The number of amides is 2. The Kier molecular flexibility index (Phi) is 5.84. The zero-order chi connectivity index (χ0) is 15.3. The smallest absolute Gasteiger partial charge is 0.323 e. The quantitative estimate of drug-likeness (QED) is 0.834. The van der Waals surface area contributed by atoms with Crippen molar-refractivity contribution in [1.82, 2.24) is 10.2 Å². The van der Waals surface area contributed by atoms with Gasteiger partial charge in [-0.15, -0.1) is 0 Å². The van der Waals surface area contributed by atoms with E-state index < -0.39 is 11.5 Å². The lowest BCUT2D eigenvalue weighted by atomic mass is 9.82. The molecule has 5 heteroatoms. The van der Waals surface area contributed by atoms with Gasteiger partial charge in [-0.2, -0.15) is 0 Å². The molecule has 0 heterocycles. The predicted octanol–water partition coefficient (Wildman–Crippen LogP) is 2.71. The third-order valence-electron chi connectivity index (χ3n) is 3.94. The molecule has 0 aliphatic heterocycles. The molecule has 0 aromatic heterocycles. The molecule has 1 rings (SSSR count). The van der Waals surface area contributed by atoms with E-state index in [9.17, 15) is 9.59 Å². The van der Waals surface area contributed by atoms with Crippen molar-refractivity contribution in [3.8, 4) is 0 Å². The number of hydrogen-bond acceptors (Lipinski definition) is 2. The Morgan fingerprint density at radius 2 is 1.95 bits per heavy atom. The van der Waals surface area contributed by atoms with E-state index in [0.29, 0.717) is 12.5 Å². The summed E-state index contributed by atoms with van der Waals surface area (Å²) in [7, 11) is 0.